The first-order chi connectivity index (χ1) is 5.00. The molecule has 0 fully saturated rings. The molecular formula is C9H13N2. The van der Waals surface area contributed by atoms with E-state index in [1.54, 1.807) is 6.07 Å². The molecule has 0 amide bonds. The molecule has 2 heteroatoms. The summed E-state index contributed by atoms with van der Waals surface area (Å²) < 4.78 is 0. The van der Waals surface area contributed by atoms with Crippen LogP contribution in [0.2, 0.25) is 0 Å². The second-order valence-corrected chi connectivity index (χ2v) is 3.71. The van der Waals surface area contributed by atoms with Crippen molar-refractivity contribution in [2.45, 2.75) is 33.1 Å². The first-order valence-electron chi connectivity index (χ1n) is 3.72. The van der Waals surface area contributed by atoms with Gasteiger partial charge in [0.15, 0.2) is 0 Å². The summed E-state index contributed by atoms with van der Waals surface area (Å²) in [4.78, 5) is 8.38. The summed E-state index contributed by atoms with van der Waals surface area (Å²) in [6.07, 6.45) is 2.82. The van der Waals surface area contributed by atoms with Crippen LogP contribution in [0.1, 0.15) is 32.3 Å². The zero-order valence-electron chi connectivity index (χ0n) is 7.47. The molecule has 0 aliphatic carbocycles. The lowest BCUT2D eigenvalue weighted by Crippen LogP contribution is -2.16. The molecule has 2 nitrogen and oxygen atoms in total. The maximum absolute atomic E-state index is 4.30. The summed E-state index contributed by atoms with van der Waals surface area (Å²) in [5.74, 6) is 0.859. The van der Waals surface area contributed by atoms with Crippen molar-refractivity contribution in [2.75, 3.05) is 0 Å². The molecule has 0 spiro atoms. The minimum atomic E-state index is 0.0303. The van der Waals surface area contributed by atoms with Crippen LogP contribution in [-0.2, 0) is 5.41 Å². The third-order valence-corrected chi connectivity index (χ3v) is 1.40. The van der Waals surface area contributed by atoms with Crippen molar-refractivity contribution < 1.29 is 0 Å². The second kappa shape index (κ2) is 2.61. The minimum absolute atomic E-state index is 0.0303. The van der Waals surface area contributed by atoms with Gasteiger partial charge in [0.05, 0.1) is 6.20 Å². The molecule has 1 radical (unpaired) electrons. The molecule has 1 rings (SSSR count). The first-order valence-corrected chi connectivity index (χ1v) is 3.72. The molecule has 0 N–H and O–H groups in total. The fraction of sp³-hybridized carbons (Fsp3) is 0.556. The van der Waals surface area contributed by atoms with E-state index in [4.69, 9.17) is 0 Å². The maximum Gasteiger partial charge on any atom is 0.134 e. The molecule has 0 saturated heterocycles. The second-order valence-electron chi connectivity index (χ2n) is 3.71. The van der Waals surface area contributed by atoms with Crippen LogP contribution in [0, 0.1) is 13.1 Å². The van der Waals surface area contributed by atoms with E-state index in [1.807, 2.05) is 6.92 Å². The summed E-state index contributed by atoms with van der Waals surface area (Å²) in [5, 5.41) is 0. The van der Waals surface area contributed by atoms with Gasteiger partial charge in [-0.25, -0.2) is 9.97 Å². The van der Waals surface area contributed by atoms with E-state index in [1.165, 1.54) is 0 Å². The van der Waals surface area contributed by atoms with Gasteiger partial charge in [-0.2, -0.15) is 0 Å². The number of rotatable bonds is 0. The number of aromatic nitrogens is 2. The third-order valence-electron chi connectivity index (χ3n) is 1.40. The largest absolute Gasteiger partial charge is 0.238 e. The number of aryl methyl sites for hydroxylation is 1. The van der Waals surface area contributed by atoms with Crippen molar-refractivity contribution in [3.05, 3.63) is 23.8 Å². The Labute approximate surface area is 67.7 Å². The van der Waals surface area contributed by atoms with Gasteiger partial charge in [0.25, 0.3) is 0 Å². The van der Waals surface area contributed by atoms with Crippen molar-refractivity contribution in [1.29, 1.82) is 0 Å². The molecule has 1 aromatic rings. The third kappa shape index (κ3) is 2.00. The molecular weight excluding hydrogens is 136 g/mol. The highest BCUT2D eigenvalue weighted by Gasteiger charge is 2.16. The Bertz CT molecular complexity index is 248. The Balaban J connectivity index is 3.06. The quantitative estimate of drug-likeness (QED) is 0.563. The molecule has 1 aromatic heterocycles. The van der Waals surface area contributed by atoms with Crippen LogP contribution in [0.25, 0.3) is 0 Å². The smallest absolute Gasteiger partial charge is 0.134 e. The summed E-state index contributed by atoms with van der Waals surface area (Å²) >= 11 is 0. The Morgan fingerprint density at radius 2 is 2.00 bits per heavy atom. The average Bonchev–Trinajstić information content (AvgIpc) is 1.86. The number of hydrogen-bond donors (Lipinski definition) is 0. The van der Waals surface area contributed by atoms with Gasteiger partial charge in [0.1, 0.15) is 5.82 Å². The SMILES string of the molecule is Cc1c[c]nc(C(C)(C)C)n1. The van der Waals surface area contributed by atoms with Crippen LogP contribution in [0.5, 0.6) is 0 Å². The predicted octanol–water partition coefficient (Wildman–Crippen LogP) is 1.88. The highest BCUT2D eigenvalue weighted by molar-refractivity contribution is 5.05. The van der Waals surface area contributed by atoms with Crippen LogP contribution in [0.4, 0.5) is 0 Å². The molecule has 0 aromatic carbocycles. The van der Waals surface area contributed by atoms with Gasteiger partial charge in [0, 0.05) is 11.1 Å². The van der Waals surface area contributed by atoms with Gasteiger partial charge in [-0.15, -0.1) is 0 Å². The molecule has 0 saturated carbocycles. The number of nitrogens with zero attached hydrogens (tertiary/aromatic N) is 2. The van der Waals surface area contributed by atoms with Crippen molar-refractivity contribution in [1.82, 2.24) is 9.97 Å². The van der Waals surface area contributed by atoms with Crippen LogP contribution < -0.4 is 0 Å². The van der Waals surface area contributed by atoms with Crippen molar-refractivity contribution in [3.63, 3.8) is 0 Å². The molecule has 11 heavy (non-hydrogen) atoms. The predicted molar refractivity (Wildman–Crippen MR) is 44.3 cm³/mol. The molecule has 59 valence electrons. The monoisotopic (exact) mass is 149 g/mol. The summed E-state index contributed by atoms with van der Waals surface area (Å²) in [6, 6.07) is 1.79. The van der Waals surface area contributed by atoms with Gasteiger partial charge in [-0.3, -0.25) is 0 Å². The Morgan fingerprint density at radius 3 is 2.36 bits per heavy atom. The van der Waals surface area contributed by atoms with Crippen molar-refractivity contribution in [2.24, 2.45) is 0 Å². The topological polar surface area (TPSA) is 25.8 Å². The lowest BCUT2D eigenvalue weighted by atomic mass is 9.96. The zero-order chi connectivity index (χ0) is 8.48. The summed E-state index contributed by atoms with van der Waals surface area (Å²) in [5.41, 5.74) is 1.01. The van der Waals surface area contributed by atoms with Crippen LogP contribution in [0.3, 0.4) is 0 Å². The van der Waals surface area contributed by atoms with Gasteiger partial charge in [-0.1, -0.05) is 20.8 Å². The Hall–Kier alpha value is -0.920. The van der Waals surface area contributed by atoms with Gasteiger partial charge in [0.2, 0.25) is 0 Å². The van der Waals surface area contributed by atoms with Crippen LogP contribution in [-0.4, -0.2) is 9.97 Å². The molecule has 0 aliphatic heterocycles. The lowest BCUT2D eigenvalue weighted by molar-refractivity contribution is 0.542. The number of hydrogen-bond acceptors (Lipinski definition) is 2. The molecule has 0 aliphatic rings. The summed E-state index contributed by atoms with van der Waals surface area (Å²) in [6.45, 7) is 8.23. The van der Waals surface area contributed by atoms with Crippen LogP contribution in [0.15, 0.2) is 6.07 Å². The zero-order valence-corrected chi connectivity index (χ0v) is 7.47. The standard InChI is InChI=1S/C9H13N2/c1-7-5-6-10-8(11-7)9(2,3)4/h5H,1-4H3. The van der Waals surface area contributed by atoms with E-state index in [9.17, 15) is 0 Å². The van der Waals surface area contributed by atoms with Gasteiger partial charge in [-0.05, 0) is 13.0 Å². The van der Waals surface area contributed by atoms with E-state index in [-0.39, 0.29) is 5.41 Å². The van der Waals surface area contributed by atoms with E-state index in [0.29, 0.717) is 0 Å². The van der Waals surface area contributed by atoms with Gasteiger partial charge < -0.3 is 0 Å². The molecule has 1 heterocycles. The molecule has 0 atom stereocenters. The van der Waals surface area contributed by atoms with E-state index >= 15 is 0 Å². The highest BCUT2D eigenvalue weighted by Crippen LogP contribution is 2.16. The van der Waals surface area contributed by atoms with E-state index in [0.717, 1.165) is 11.5 Å². The summed E-state index contributed by atoms with van der Waals surface area (Å²) in [7, 11) is 0. The Morgan fingerprint density at radius 1 is 1.36 bits per heavy atom. The van der Waals surface area contributed by atoms with Crippen molar-refractivity contribution >= 4 is 0 Å². The minimum Gasteiger partial charge on any atom is -0.238 e. The maximum atomic E-state index is 4.30. The average molecular weight is 149 g/mol. The highest BCUT2D eigenvalue weighted by atomic mass is 14.9. The normalized spacial score (nSPS) is 11.6. The van der Waals surface area contributed by atoms with E-state index < -0.39 is 0 Å². The van der Waals surface area contributed by atoms with Gasteiger partial charge >= 0.3 is 0 Å². The van der Waals surface area contributed by atoms with Crippen LogP contribution >= 0.6 is 0 Å². The first kappa shape index (κ1) is 8.18. The molecule has 0 unspecified atom stereocenters. The lowest BCUT2D eigenvalue weighted by Gasteiger charge is -2.15. The fourth-order valence-corrected chi connectivity index (χ4v) is 0.747. The molecule has 0 bridgehead atoms. The van der Waals surface area contributed by atoms with E-state index in [2.05, 4.69) is 36.9 Å². The fourth-order valence-electron chi connectivity index (χ4n) is 0.747. The van der Waals surface area contributed by atoms with Crippen molar-refractivity contribution in [3.8, 4) is 0 Å². The Kier molecular flexibility index (Phi) is 1.94.